The van der Waals surface area contributed by atoms with Gasteiger partial charge in [-0.05, 0) is 54.7 Å². The zero-order chi connectivity index (χ0) is 19.2. The molecule has 0 aliphatic carbocycles. The number of benzene rings is 3. The number of thiocarbonyl (C=S) groups is 1. The molecule has 0 fully saturated rings. The van der Waals surface area contributed by atoms with Gasteiger partial charge in [-0.25, -0.2) is 0 Å². The van der Waals surface area contributed by atoms with E-state index in [1.165, 1.54) is 0 Å². The van der Waals surface area contributed by atoms with Crippen LogP contribution in [0.15, 0.2) is 72.8 Å². The van der Waals surface area contributed by atoms with Crippen LogP contribution in [0.25, 0.3) is 0 Å². The topological polar surface area (TPSA) is 50.4 Å². The van der Waals surface area contributed by atoms with Gasteiger partial charge in [-0.1, -0.05) is 53.5 Å². The molecule has 3 aromatic rings. The monoisotopic (exact) mass is 416 g/mol. The Kier molecular flexibility index (Phi) is 6.29. The van der Waals surface area contributed by atoms with Gasteiger partial charge in [0.15, 0.2) is 10.9 Å². The third-order valence-corrected chi connectivity index (χ3v) is 4.25. The molecule has 0 saturated carbocycles. The summed E-state index contributed by atoms with van der Waals surface area (Å²) in [5, 5.41) is 6.66. The van der Waals surface area contributed by atoms with Gasteiger partial charge in [0.25, 0.3) is 5.91 Å². The maximum absolute atomic E-state index is 12.2. The van der Waals surface area contributed by atoms with Gasteiger partial charge in [-0.15, -0.1) is 0 Å². The first kappa shape index (κ1) is 19.2. The van der Waals surface area contributed by atoms with Gasteiger partial charge in [0, 0.05) is 10.6 Å². The SMILES string of the molecule is O=C(NC(=S)Nc1ccccc1Oc1ccc(Cl)cc1Cl)c1ccccc1. The Labute approximate surface area is 172 Å². The molecule has 4 nitrogen and oxygen atoms in total. The number of ether oxygens (including phenoxy) is 1. The summed E-state index contributed by atoms with van der Waals surface area (Å²) < 4.78 is 5.86. The van der Waals surface area contributed by atoms with Crippen LogP contribution in [0.3, 0.4) is 0 Å². The molecular weight excluding hydrogens is 403 g/mol. The van der Waals surface area contributed by atoms with E-state index in [0.29, 0.717) is 32.8 Å². The van der Waals surface area contributed by atoms with Crippen molar-refractivity contribution in [1.29, 1.82) is 0 Å². The highest BCUT2D eigenvalue weighted by atomic mass is 35.5. The standard InChI is InChI=1S/C20H14Cl2N2O2S/c21-14-10-11-17(15(22)12-14)26-18-9-5-4-8-16(18)23-20(27)24-19(25)13-6-2-1-3-7-13/h1-12H,(H2,23,24,25,27). The van der Waals surface area contributed by atoms with Crippen LogP contribution in [0.2, 0.25) is 10.0 Å². The fourth-order valence-electron chi connectivity index (χ4n) is 2.25. The first-order chi connectivity index (χ1) is 13.0. The third-order valence-electron chi connectivity index (χ3n) is 3.51. The maximum Gasteiger partial charge on any atom is 0.257 e. The summed E-state index contributed by atoms with van der Waals surface area (Å²) >= 11 is 17.3. The van der Waals surface area contributed by atoms with Crippen LogP contribution in [-0.4, -0.2) is 11.0 Å². The van der Waals surface area contributed by atoms with Crippen LogP contribution in [0.5, 0.6) is 11.5 Å². The van der Waals surface area contributed by atoms with Crippen LogP contribution in [0, 0.1) is 0 Å². The fourth-order valence-corrected chi connectivity index (χ4v) is 2.90. The molecule has 0 aliphatic rings. The van der Waals surface area contributed by atoms with Crippen molar-refractivity contribution < 1.29 is 9.53 Å². The van der Waals surface area contributed by atoms with Crippen LogP contribution in [-0.2, 0) is 0 Å². The molecular formula is C20H14Cl2N2O2S. The molecule has 0 atom stereocenters. The van der Waals surface area contributed by atoms with Crippen molar-refractivity contribution in [2.75, 3.05) is 5.32 Å². The second-order valence-electron chi connectivity index (χ2n) is 5.45. The number of rotatable bonds is 4. The van der Waals surface area contributed by atoms with Crippen LogP contribution in [0.4, 0.5) is 5.69 Å². The lowest BCUT2D eigenvalue weighted by Crippen LogP contribution is -2.34. The average molecular weight is 417 g/mol. The van der Waals surface area contributed by atoms with E-state index < -0.39 is 0 Å². The van der Waals surface area contributed by atoms with Gasteiger partial charge >= 0.3 is 0 Å². The van der Waals surface area contributed by atoms with E-state index >= 15 is 0 Å². The molecule has 27 heavy (non-hydrogen) atoms. The third kappa shape index (κ3) is 5.20. The lowest BCUT2D eigenvalue weighted by atomic mass is 10.2. The Hall–Kier alpha value is -2.60. The minimum Gasteiger partial charge on any atom is -0.454 e. The summed E-state index contributed by atoms with van der Waals surface area (Å²) in [4.78, 5) is 12.2. The Balaban J connectivity index is 1.72. The van der Waals surface area contributed by atoms with Gasteiger partial charge in [0.1, 0.15) is 5.75 Å². The average Bonchev–Trinajstić information content (AvgIpc) is 2.66. The minimum absolute atomic E-state index is 0.155. The van der Waals surface area contributed by atoms with Crippen LogP contribution < -0.4 is 15.4 Å². The van der Waals surface area contributed by atoms with Gasteiger partial charge in [0.05, 0.1) is 10.7 Å². The second-order valence-corrected chi connectivity index (χ2v) is 6.70. The molecule has 3 rings (SSSR count). The van der Waals surface area contributed by atoms with Gasteiger partial charge in [-0.3, -0.25) is 10.1 Å². The summed E-state index contributed by atoms with van der Waals surface area (Å²) in [6.07, 6.45) is 0. The summed E-state index contributed by atoms with van der Waals surface area (Å²) in [5.41, 5.74) is 1.10. The quantitative estimate of drug-likeness (QED) is 0.518. The Morgan fingerprint density at radius 2 is 1.59 bits per heavy atom. The highest BCUT2D eigenvalue weighted by Gasteiger charge is 2.11. The van der Waals surface area contributed by atoms with Crippen molar-refractivity contribution in [2.45, 2.75) is 0 Å². The summed E-state index contributed by atoms with van der Waals surface area (Å²) in [5.74, 6) is 0.653. The largest absolute Gasteiger partial charge is 0.454 e. The Morgan fingerprint density at radius 1 is 0.889 bits per heavy atom. The van der Waals surface area contributed by atoms with Gasteiger partial charge in [0.2, 0.25) is 0 Å². The van der Waals surface area contributed by atoms with Crippen molar-refractivity contribution in [3.05, 3.63) is 88.4 Å². The molecule has 0 bridgehead atoms. The molecule has 136 valence electrons. The van der Waals surface area contributed by atoms with E-state index in [0.717, 1.165) is 0 Å². The van der Waals surface area contributed by atoms with Crippen molar-refractivity contribution in [1.82, 2.24) is 5.32 Å². The van der Waals surface area contributed by atoms with E-state index in [4.69, 9.17) is 40.2 Å². The molecule has 7 heteroatoms. The number of amides is 1. The number of carbonyl (C=O) groups is 1. The maximum atomic E-state index is 12.2. The first-order valence-electron chi connectivity index (χ1n) is 7.92. The smallest absolute Gasteiger partial charge is 0.257 e. The Morgan fingerprint density at radius 3 is 2.33 bits per heavy atom. The number of halogens is 2. The number of anilines is 1. The van der Waals surface area contributed by atoms with Crippen LogP contribution in [0.1, 0.15) is 10.4 Å². The van der Waals surface area contributed by atoms with Gasteiger partial charge < -0.3 is 10.1 Å². The van der Waals surface area contributed by atoms with Gasteiger partial charge in [-0.2, -0.15) is 0 Å². The molecule has 0 saturated heterocycles. The highest BCUT2D eigenvalue weighted by molar-refractivity contribution is 7.80. The molecule has 0 heterocycles. The lowest BCUT2D eigenvalue weighted by molar-refractivity contribution is 0.0977. The molecule has 0 unspecified atom stereocenters. The first-order valence-corrected chi connectivity index (χ1v) is 9.08. The van der Waals surface area contributed by atoms with Crippen LogP contribution >= 0.6 is 35.4 Å². The van der Waals surface area contributed by atoms with E-state index in [1.807, 2.05) is 18.2 Å². The fraction of sp³-hybridized carbons (Fsp3) is 0. The molecule has 0 radical (unpaired) electrons. The van der Waals surface area contributed by atoms with Crippen molar-refractivity contribution in [3.63, 3.8) is 0 Å². The predicted octanol–water partition coefficient (Wildman–Crippen LogP) is 5.91. The zero-order valence-corrected chi connectivity index (χ0v) is 16.2. The highest BCUT2D eigenvalue weighted by Crippen LogP contribution is 2.34. The zero-order valence-electron chi connectivity index (χ0n) is 13.9. The normalized spacial score (nSPS) is 10.1. The molecule has 0 aliphatic heterocycles. The van der Waals surface area contributed by atoms with Crippen molar-refractivity contribution in [2.24, 2.45) is 0 Å². The number of hydrogen-bond donors (Lipinski definition) is 2. The minimum atomic E-state index is -0.299. The number of carbonyl (C=O) groups excluding carboxylic acids is 1. The second kappa shape index (κ2) is 8.86. The molecule has 3 aromatic carbocycles. The van der Waals surface area contributed by atoms with E-state index in [9.17, 15) is 4.79 Å². The number of nitrogens with one attached hydrogen (secondary N) is 2. The number of para-hydroxylation sites is 2. The van der Waals surface area contributed by atoms with E-state index in [2.05, 4.69) is 10.6 Å². The predicted molar refractivity (Wildman–Crippen MR) is 113 cm³/mol. The molecule has 0 spiro atoms. The lowest BCUT2D eigenvalue weighted by Gasteiger charge is -2.15. The molecule has 0 aromatic heterocycles. The molecule has 1 amide bonds. The van der Waals surface area contributed by atoms with Crippen molar-refractivity contribution in [3.8, 4) is 11.5 Å². The van der Waals surface area contributed by atoms with E-state index in [1.54, 1.807) is 54.6 Å². The summed E-state index contributed by atoms with van der Waals surface area (Å²) in [6, 6.07) is 20.9. The molecule has 2 N–H and O–H groups in total. The van der Waals surface area contributed by atoms with E-state index in [-0.39, 0.29) is 11.0 Å². The summed E-state index contributed by atoms with van der Waals surface area (Å²) in [7, 11) is 0. The van der Waals surface area contributed by atoms with Crippen molar-refractivity contribution >= 4 is 52.1 Å². The Bertz CT molecular complexity index is 981. The summed E-state index contributed by atoms with van der Waals surface area (Å²) in [6.45, 7) is 0. The number of hydrogen-bond acceptors (Lipinski definition) is 3.